The Morgan fingerprint density at radius 3 is 2.67 bits per heavy atom. The predicted molar refractivity (Wildman–Crippen MR) is 89.7 cm³/mol. The standard InChI is InChI=1S/C18H21NOS/c1-3-14(2)15-6-8-17(9-7-15)20-13-18-16(5-4-11-19)10-12-21-18/h6-10,12,14H,3,11,13,19H2,1-2H3. The lowest BCUT2D eigenvalue weighted by Gasteiger charge is -2.10. The van der Waals surface area contributed by atoms with Crippen molar-refractivity contribution in [3.8, 4) is 17.6 Å². The van der Waals surface area contributed by atoms with Crippen molar-refractivity contribution in [1.82, 2.24) is 0 Å². The maximum atomic E-state index is 5.85. The van der Waals surface area contributed by atoms with E-state index in [-0.39, 0.29) is 0 Å². The molecular weight excluding hydrogens is 278 g/mol. The van der Waals surface area contributed by atoms with Crippen LogP contribution in [0.1, 0.15) is 42.2 Å². The lowest BCUT2D eigenvalue weighted by atomic mass is 9.99. The monoisotopic (exact) mass is 299 g/mol. The fraction of sp³-hybridized carbons (Fsp3) is 0.333. The molecule has 0 aliphatic carbocycles. The molecule has 2 rings (SSSR count). The molecule has 3 heteroatoms. The van der Waals surface area contributed by atoms with Crippen molar-refractivity contribution in [3.05, 3.63) is 51.7 Å². The molecule has 110 valence electrons. The molecule has 0 saturated carbocycles. The maximum Gasteiger partial charge on any atom is 0.124 e. The highest BCUT2D eigenvalue weighted by Gasteiger charge is 2.05. The third-order valence-corrected chi connectivity index (χ3v) is 4.40. The molecule has 1 atom stereocenters. The minimum absolute atomic E-state index is 0.382. The second kappa shape index (κ2) is 7.87. The average Bonchev–Trinajstić information content (AvgIpc) is 2.98. The Kier molecular flexibility index (Phi) is 5.86. The molecule has 1 aromatic carbocycles. The van der Waals surface area contributed by atoms with E-state index in [2.05, 4.69) is 37.8 Å². The summed E-state index contributed by atoms with van der Waals surface area (Å²) in [5, 5.41) is 2.03. The van der Waals surface area contributed by atoms with E-state index in [1.807, 2.05) is 23.6 Å². The number of thiophene rings is 1. The lowest BCUT2D eigenvalue weighted by molar-refractivity contribution is 0.309. The SMILES string of the molecule is CCC(C)c1ccc(OCc2sccc2C#CCN)cc1. The minimum atomic E-state index is 0.382. The van der Waals surface area contributed by atoms with Crippen LogP contribution in [-0.2, 0) is 6.61 Å². The van der Waals surface area contributed by atoms with Crippen molar-refractivity contribution in [2.45, 2.75) is 32.8 Å². The molecule has 0 fully saturated rings. The molecule has 0 spiro atoms. The zero-order valence-electron chi connectivity index (χ0n) is 12.6. The van der Waals surface area contributed by atoms with Gasteiger partial charge in [0.2, 0.25) is 0 Å². The molecule has 2 N–H and O–H groups in total. The molecule has 0 bridgehead atoms. The molecule has 1 aromatic heterocycles. The summed E-state index contributed by atoms with van der Waals surface area (Å²) in [6, 6.07) is 10.4. The Morgan fingerprint density at radius 2 is 2.00 bits per heavy atom. The van der Waals surface area contributed by atoms with Crippen LogP contribution in [0.2, 0.25) is 0 Å². The van der Waals surface area contributed by atoms with Crippen LogP contribution in [0, 0.1) is 11.8 Å². The second-order valence-corrected chi connectivity index (χ2v) is 5.93. The van der Waals surface area contributed by atoms with Crippen LogP contribution < -0.4 is 10.5 Å². The molecule has 21 heavy (non-hydrogen) atoms. The van der Waals surface area contributed by atoms with Gasteiger partial charge in [-0.05, 0) is 41.5 Å². The van der Waals surface area contributed by atoms with Crippen molar-refractivity contribution in [1.29, 1.82) is 0 Å². The van der Waals surface area contributed by atoms with Crippen molar-refractivity contribution in [2.75, 3.05) is 6.54 Å². The van der Waals surface area contributed by atoms with Crippen LogP contribution >= 0.6 is 11.3 Å². The maximum absolute atomic E-state index is 5.85. The summed E-state index contributed by atoms with van der Waals surface area (Å²) in [6.07, 6.45) is 1.15. The first-order chi connectivity index (χ1) is 10.2. The van der Waals surface area contributed by atoms with Crippen molar-refractivity contribution in [3.63, 3.8) is 0 Å². The summed E-state index contributed by atoms with van der Waals surface area (Å²) in [5.41, 5.74) is 7.78. The van der Waals surface area contributed by atoms with Crippen molar-refractivity contribution < 1.29 is 4.74 Å². The van der Waals surface area contributed by atoms with Gasteiger partial charge in [0.1, 0.15) is 12.4 Å². The van der Waals surface area contributed by atoms with E-state index < -0.39 is 0 Å². The quantitative estimate of drug-likeness (QED) is 0.842. The van der Waals surface area contributed by atoms with Crippen LogP contribution in [0.25, 0.3) is 0 Å². The largest absolute Gasteiger partial charge is 0.488 e. The number of ether oxygens (including phenoxy) is 1. The third kappa shape index (κ3) is 4.35. The Bertz CT molecular complexity index is 619. The molecule has 2 aromatic rings. The van der Waals surface area contributed by atoms with Crippen LogP contribution in [0.3, 0.4) is 0 Å². The van der Waals surface area contributed by atoms with Gasteiger partial charge in [0.05, 0.1) is 11.4 Å². The molecule has 0 radical (unpaired) electrons. The van der Waals surface area contributed by atoms with E-state index in [0.29, 0.717) is 19.1 Å². The average molecular weight is 299 g/mol. The molecule has 2 nitrogen and oxygen atoms in total. The zero-order chi connectivity index (χ0) is 15.1. The van der Waals surface area contributed by atoms with Gasteiger partial charge in [-0.25, -0.2) is 0 Å². The summed E-state index contributed by atoms with van der Waals surface area (Å²) < 4.78 is 5.85. The predicted octanol–water partition coefficient (Wildman–Crippen LogP) is 4.15. The molecule has 0 saturated heterocycles. The highest BCUT2D eigenvalue weighted by molar-refractivity contribution is 7.10. The third-order valence-electron chi connectivity index (χ3n) is 3.50. The van der Waals surface area contributed by atoms with E-state index in [0.717, 1.165) is 22.6 Å². The van der Waals surface area contributed by atoms with Gasteiger partial charge >= 0.3 is 0 Å². The lowest BCUT2D eigenvalue weighted by Crippen LogP contribution is -1.97. The second-order valence-electron chi connectivity index (χ2n) is 4.93. The number of rotatable bonds is 5. The number of benzene rings is 1. The normalized spacial score (nSPS) is 11.6. The topological polar surface area (TPSA) is 35.2 Å². The van der Waals surface area contributed by atoms with Crippen LogP contribution in [-0.4, -0.2) is 6.54 Å². The van der Waals surface area contributed by atoms with E-state index in [1.165, 1.54) is 5.56 Å². The Morgan fingerprint density at radius 1 is 1.24 bits per heavy atom. The summed E-state index contributed by atoms with van der Waals surface area (Å²) in [5.74, 6) is 7.45. The summed E-state index contributed by atoms with van der Waals surface area (Å²) in [4.78, 5) is 1.14. The molecule has 0 aliphatic heterocycles. The molecule has 0 amide bonds. The number of hydrogen-bond acceptors (Lipinski definition) is 3. The Labute approximate surface area is 131 Å². The first kappa shape index (κ1) is 15.6. The smallest absolute Gasteiger partial charge is 0.124 e. The Hall–Kier alpha value is -1.76. The van der Waals surface area contributed by atoms with Crippen LogP contribution in [0.15, 0.2) is 35.7 Å². The first-order valence-corrected chi connectivity index (χ1v) is 8.10. The first-order valence-electron chi connectivity index (χ1n) is 7.22. The zero-order valence-corrected chi connectivity index (χ0v) is 13.4. The molecule has 0 aliphatic rings. The summed E-state index contributed by atoms with van der Waals surface area (Å²) >= 11 is 1.66. The molecular formula is C18H21NOS. The van der Waals surface area contributed by atoms with E-state index >= 15 is 0 Å². The van der Waals surface area contributed by atoms with E-state index in [9.17, 15) is 0 Å². The van der Waals surface area contributed by atoms with Gasteiger partial charge in [-0.3, -0.25) is 0 Å². The Balaban J connectivity index is 1.99. The minimum Gasteiger partial charge on any atom is -0.488 e. The summed E-state index contributed by atoms with van der Waals surface area (Å²) in [6.45, 7) is 5.38. The highest BCUT2D eigenvalue weighted by Crippen LogP contribution is 2.23. The van der Waals surface area contributed by atoms with Crippen LogP contribution in [0.5, 0.6) is 5.75 Å². The van der Waals surface area contributed by atoms with Gasteiger partial charge in [0.15, 0.2) is 0 Å². The number of hydrogen-bond donors (Lipinski definition) is 1. The van der Waals surface area contributed by atoms with E-state index in [4.69, 9.17) is 10.5 Å². The van der Waals surface area contributed by atoms with Crippen molar-refractivity contribution in [2.24, 2.45) is 5.73 Å². The van der Waals surface area contributed by atoms with Gasteiger partial charge in [0.25, 0.3) is 0 Å². The van der Waals surface area contributed by atoms with Crippen molar-refractivity contribution >= 4 is 11.3 Å². The highest BCUT2D eigenvalue weighted by atomic mass is 32.1. The van der Waals surface area contributed by atoms with E-state index in [1.54, 1.807) is 11.3 Å². The fourth-order valence-electron chi connectivity index (χ4n) is 1.99. The van der Waals surface area contributed by atoms with Gasteiger partial charge < -0.3 is 10.5 Å². The van der Waals surface area contributed by atoms with Gasteiger partial charge in [-0.2, -0.15) is 0 Å². The molecule has 1 heterocycles. The van der Waals surface area contributed by atoms with Gasteiger partial charge in [-0.15, -0.1) is 11.3 Å². The van der Waals surface area contributed by atoms with Gasteiger partial charge in [0, 0.05) is 5.56 Å². The fourth-order valence-corrected chi connectivity index (χ4v) is 2.73. The van der Waals surface area contributed by atoms with Gasteiger partial charge in [-0.1, -0.05) is 37.8 Å². The number of nitrogens with two attached hydrogens (primary N) is 1. The summed E-state index contributed by atoms with van der Waals surface area (Å²) in [7, 11) is 0. The van der Waals surface area contributed by atoms with Crippen LogP contribution in [0.4, 0.5) is 0 Å². The molecule has 1 unspecified atom stereocenters.